The number of nitrogens with one attached hydrogen (secondary N) is 1. The summed E-state index contributed by atoms with van der Waals surface area (Å²) >= 11 is 0. The topological polar surface area (TPSA) is 107 Å². The van der Waals surface area contributed by atoms with E-state index in [2.05, 4.69) is 15.4 Å². The molecule has 5 aromatic rings. The number of anilines is 1. The van der Waals surface area contributed by atoms with Gasteiger partial charge in [0.15, 0.2) is 11.5 Å². The van der Waals surface area contributed by atoms with Gasteiger partial charge in [-0.2, -0.15) is 0 Å². The van der Waals surface area contributed by atoms with Crippen molar-refractivity contribution in [1.29, 1.82) is 0 Å². The first-order valence-electron chi connectivity index (χ1n) is 10.1. The first-order chi connectivity index (χ1) is 15.5. The smallest absolute Gasteiger partial charge is 0.263 e. The summed E-state index contributed by atoms with van der Waals surface area (Å²) in [4.78, 5) is 30.8. The third-order valence-electron chi connectivity index (χ3n) is 5.41. The molecular formula is C24H20N6O2. The third-order valence-corrected chi connectivity index (χ3v) is 5.41. The molecule has 1 amide bonds. The second kappa shape index (κ2) is 7.66. The molecular weight excluding hydrogens is 404 g/mol. The van der Waals surface area contributed by atoms with Crippen LogP contribution in [0.3, 0.4) is 0 Å². The number of carbonyl (C=O) groups is 1. The Labute approximate surface area is 182 Å². The summed E-state index contributed by atoms with van der Waals surface area (Å²) in [5, 5.41) is 8.52. The first-order valence-corrected chi connectivity index (χ1v) is 10.1. The van der Waals surface area contributed by atoms with E-state index in [1.165, 1.54) is 4.52 Å². The predicted octanol–water partition coefficient (Wildman–Crippen LogP) is 3.11. The van der Waals surface area contributed by atoms with Gasteiger partial charge in [-0.3, -0.25) is 14.2 Å². The standard InChI is InChI=1S/C24H20N6O2/c1-15(27-23(31)20-21(25)28-29-13-7-12-26-22(20)29)19-14-16-8-5-6-11-18(16)24(32)30(19)17-9-3-2-4-10-17/h2-15H,1H3,(H2,25,28)(H,27,31). The molecule has 3 aromatic heterocycles. The summed E-state index contributed by atoms with van der Waals surface area (Å²) < 4.78 is 3.09. The van der Waals surface area contributed by atoms with Crippen molar-refractivity contribution in [3.05, 3.63) is 101 Å². The molecule has 8 heteroatoms. The van der Waals surface area contributed by atoms with Gasteiger partial charge in [-0.05, 0) is 42.6 Å². The van der Waals surface area contributed by atoms with Gasteiger partial charge >= 0.3 is 0 Å². The monoisotopic (exact) mass is 424 g/mol. The molecule has 0 spiro atoms. The molecule has 0 saturated heterocycles. The Morgan fingerprint density at radius 2 is 1.81 bits per heavy atom. The highest BCUT2D eigenvalue weighted by atomic mass is 16.2. The molecule has 3 heterocycles. The van der Waals surface area contributed by atoms with E-state index in [1.54, 1.807) is 29.1 Å². The van der Waals surface area contributed by atoms with Crippen LogP contribution in [0.4, 0.5) is 5.82 Å². The van der Waals surface area contributed by atoms with Crippen LogP contribution in [0.15, 0.2) is 83.9 Å². The molecule has 0 aliphatic carbocycles. The molecule has 0 radical (unpaired) electrons. The summed E-state index contributed by atoms with van der Waals surface area (Å²) in [7, 11) is 0. The van der Waals surface area contributed by atoms with Crippen LogP contribution in [0, 0.1) is 0 Å². The second-order valence-electron chi connectivity index (χ2n) is 7.48. The normalized spacial score (nSPS) is 12.2. The van der Waals surface area contributed by atoms with Gasteiger partial charge in [0.25, 0.3) is 11.5 Å². The molecule has 0 bridgehead atoms. The largest absolute Gasteiger partial charge is 0.381 e. The van der Waals surface area contributed by atoms with Crippen molar-refractivity contribution in [3.63, 3.8) is 0 Å². The number of pyridine rings is 1. The lowest BCUT2D eigenvalue weighted by Crippen LogP contribution is -2.32. The molecule has 5 rings (SSSR count). The van der Waals surface area contributed by atoms with Gasteiger partial charge in [-0.15, -0.1) is 5.10 Å². The quantitative estimate of drug-likeness (QED) is 0.461. The average Bonchev–Trinajstić information content (AvgIpc) is 3.15. The molecule has 2 aromatic carbocycles. The number of nitrogens with two attached hydrogens (primary N) is 1. The summed E-state index contributed by atoms with van der Waals surface area (Å²) in [5.41, 5.74) is 7.79. The van der Waals surface area contributed by atoms with E-state index >= 15 is 0 Å². The number of aromatic nitrogens is 4. The molecule has 1 atom stereocenters. The molecule has 32 heavy (non-hydrogen) atoms. The fourth-order valence-electron chi connectivity index (χ4n) is 3.91. The van der Waals surface area contributed by atoms with E-state index in [0.717, 1.165) is 11.1 Å². The van der Waals surface area contributed by atoms with Gasteiger partial charge in [0, 0.05) is 29.2 Å². The van der Waals surface area contributed by atoms with Crippen LogP contribution in [0.5, 0.6) is 0 Å². The Morgan fingerprint density at radius 1 is 1.06 bits per heavy atom. The summed E-state index contributed by atoms with van der Waals surface area (Å²) in [5.74, 6) is -0.323. The Kier molecular flexibility index (Phi) is 4.67. The van der Waals surface area contributed by atoms with Gasteiger partial charge in [0.2, 0.25) is 0 Å². The van der Waals surface area contributed by atoms with Crippen molar-refractivity contribution in [2.75, 3.05) is 5.73 Å². The van der Waals surface area contributed by atoms with Crippen molar-refractivity contribution in [2.45, 2.75) is 13.0 Å². The lowest BCUT2D eigenvalue weighted by atomic mass is 10.1. The summed E-state index contributed by atoms with van der Waals surface area (Å²) in [6, 6.07) is 19.9. The van der Waals surface area contributed by atoms with Crippen molar-refractivity contribution in [3.8, 4) is 5.69 Å². The summed E-state index contributed by atoms with van der Waals surface area (Å²) in [6.07, 6.45) is 3.25. The zero-order chi connectivity index (χ0) is 22.2. The van der Waals surface area contributed by atoms with Crippen LogP contribution in [-0.4, -0.2) is 25.1 Å². The van der Waals surface area contributed by atoms with Crippen molar-refractivity contribution in [1.82, 2.24) is 24.5 Å². The average molecular weight is 424 g/mol. The van der Waals surface area contributed by atoms with E-state index in [-0.39, 0.29) is 16.9 Å². The van der Waals surface area contributed by atoms with Crippen LogP contribution in [0.1, 0.15) is 29.0 Å². The Morgan fingerprint density at radius 3 is 2.62 bits per heavy atom. The zero-order valence-corrected chi connectivity index (χ0v) is 17.3. The Hall–Kier alpha value is -4.46. The van der Waals surface area contributed by atoms with Gasteiger partial charge in [0.1, 0.15) is 5.56 Å². The predicted molar refractivity (Wildman–Crippen MR) is 123 cm³/mol. The fourth-order valence-corrected chi connectivity index (χ4v) is 3.91. The zero-order valence-electron chi connectivity index (χ0n) is 17.3. The number of amides is 1. The van der Waals surface area contributed by atoms with Crippen molar-refractivity contribution < 1.29 is 4.79 Å². The summed E-state index contributed by atoms with van der Waals surface area (Å²) in [6.45, 7) is 1.83. The van der Waals surface area contributed by atoms with E-state index in [0.29, 0.717) is 16.7 Å². The molecule has 3 N–H and O–H groups in total. The fraction of sp³-hybridized carbons (Fsp3) is 0.0833. The molecule has 0 fully saturated rings. The first kappa shape index (κ1) is 19.5. The minimum Gasteiger partial charge on any atom is -0.381 e. The highest BCUT2D eigenvalue weighted by Gasteiger charge is 2.23. The van der Waals surface area contributed by atoms with E-state index < -0.39 is 11.9 Å². The van der Waals surface area contributed by atoms with Crippen molar-refractivity contribution >= 4 is 28.1 Å². The molecule has 0 saturated carbocycles. The number of benzene rings is 2. The lowest BCUT2D eigenvalue weighted by Gasteiger charge is -2.21. The number of hydrogen-bond donors (Lipinski definition) is 2. The van der Waals surface area contributed by atoms with Crippen LogP contribution in [-0.2, 0) is 0 Å². The lowest BCUT2D eigenvalue weighted by molar-refractivity contribution is 0.0941. The van der Waals surface area contributed by atoms with Crippen LogP contribution in [0.25, 0.3) is 22.1 Å². The maximum Gasteiger partial charge on any atom is 0.263 e. The minimum atomic E-state index is -0.502. The number of nitrogens with zero attached hydrogens (tertiary/aromatic N) is 4. The number of carbonyl (C=O) groups excluding carboxylic acids is 1. The number of para-hydroxylation sites is 1. The van der Waals surface area contributed by atoms with Gasteiger partial charge in [0.05, 0.1) is 6.04 Å². The number of rotatable bonds is 4. The Balaban J connectivity index is 1.61. The number of nitrogen functional groups attached to an aromatic ring is 1. The van der Waals surface area contributed by atoms with Gasteiger partial charge in [-0.25, -0.2) is 9.50 Å². The maximum atomic E-state index is 13.4. The van der Waals surface area contributed by atoms with Crippen LogP contribution >= 0.6 is 0 Å². The molecule has 0 aliphatic rings. The van der Waals surface area contributed by atoms with Crippen LogP contribution in [0.2, 0.25) is 0 Å². The van der Waals surface area contributed by atoms with E-state index in [9.17, 15) is 9.59 Å². The van der Waals surface area contributed by atoms with Gasteiger partial charge in [-0.1, -0.05) is 36.4 Å². The van der Waals surface area contributed by atoms with E-state index in [4.69, 9.17) is 5.73 Å². The molecule has 1 unspecified atom stereocenters. The SMILES string of the molecule is CC(NC(=O)c1c(N)nn2cccnc12)c1cc2ccccc2c(=O)n1-c1ccccc1. The van der Waals surface area contributed by atoms with Gasteiger partial charge < -0.3 is 11.1 Å². The number of hydrogen-bond acceptors (Lipinski definition) is 5. The van der Waals surface area contributed by atoms with Crippen molar-refractivity contribution in [2.24, 2.45) is 0 Å². The highest BCUT2D eigenvalue weighted by Crippen LogP contribution is 2.23. The number of fused-ring (bicyclic) bond motifs is 2. The minimum absolute atomic E-state index is 0.0901. The van der Waals surface area contributed by atoms with E-state index in [1.807, 2.05) is 61.5 Å². The third kappa shape index (κ3) is 3.18. The molecule has 8 nitrogen and oxygen atoms in total. The maximum absolute atomic E-state index is 13.4. The van der Waals surface area contributed by atoms with Crippen LogP contribution < -0.4 is 16.6 Å². The second-order valence-corrected chi connectivity index (χ2v) is 7.48. The molecule has 158 valence electrons. The molecule has 0 aliphatic heterocycles. The highest BCUT2D eigenvalue weighted by molar-refractivity contribution is 6.04. The Bertz CT molecular complexity index is 1520.